The molecule has 1 aromatic heterocycles. The van der Waals surface area contributed by atoms with Gasteiger partial charge in [0.05, 0.1) is 18.5 Å². The molecule has 132 valence electrons. The average Bonchev–Trinajstić information content (AvgIpc) is 3.25. The molecule has 3 rings (SSSR count). The number of nitrogens with zero attached hydrogens (tertiary/aromatic N) is 1. The Hall–Kier alpha value is -2.05. The Morgan fingerprint density at radius 2 is 2.08 bits per heavy atom. The molecule has 1 aliphatic rings. The Morgan fingerprint density at radius 3 is 2.72 bits per heavy atom. The number of urea groups is 1. The smallest absolute Gasteiger partial charge is 0.312 e. The van der Waals surface area contributed by atoms with E-state index in [1.807, 2.05) is 16.3 Å². The maximum Gasteiger partial charge on any atom is 0.312 e. The highest BCUT2D eigenvalue weighted by atomic mass is 35.5. The van der Waals surface area contributed by atoms with Crippen LogP contribution in [0.2, 0.25) is 5.02 Å². The number of rotatable bonds is 5. The van der Waals surface area contributed by atoms with Gasteiger partial charge in [-0.3, -0.25) is 4.79 Å². The van der Waals surface area contributed by atoms with Gasteiger partial charge in [0.2, 0.25) is 5.91 Å². The highest BCUT2D eigenvalue weighted by molar-refractivity contribution is 7.10. The molecule has 5 nitrogen and oxygen atoms in total. The van der Waals surface area contributed by atoms with Crippen LogP contribution >= 0.6 is 22.9 Å². The summed E-state index contributed by atoms with van der Waals surface area (Å²) in [5.41, 5.74) is 6.10. The summed E-state index contributed by atoms with van der Waals surface area (Å²) in [5.74, 6) is 0.0181. The summed E-state index contributed by atoms with van der Waals surface area (Å²) in [6.07, 6.45) is 2.14. The lowest BCUT2D eigenvalue weighted by atomic mass is 10.0. The van der Waals surface area contributed by atoms with Crippen molar-refractivity contribution in [2.75, 3.05) is 6.54 Å². The molecular formula is C18H20ClN3O2S. The zero-order valence-corrected chi connectivity index (χ0v) is 15.2. The fourth-order valence-corrected chi connectivity index (χ4v) is 4.25. The van der Waals surface area contributed by atoms with Gasteiger partial charge in [-0.05, 0) is 42.0 Å². The molecule has 0 radical (unpaired) electrons. The number of nitrogens with two attached hydrogens (primary N) is 1. The Kier molecular flexibility index (Phi) is 5.60. The topological polar surface area (TPSA) is 75.4 Å². The molecule has 0 saturated carbocycles. The van der Waals surface area contributed by atoms with Crippen LogP contribution in [0, 0.1) is 0 Å². The second kappa shape index (κ2) is 7.89. The first-order valence-corrected chi connectivity index (χ1v) is 9.44. The van der Waals surface area contributed by atoms with Crippen molar-refractivity contribution in [1.29, 1.82) is 0 Å². The average molecular weight is 378 g/mol. The maximum atomic E-state index is 12.9. The molecule has 3 N–H and O–H groups in total. The molecule has 1 fully saturated rings. The summed E-state index contributed by atoms with van der Waals surface area (Å²) in [5, 5.41) is 5.30. The number of likely N-dealkylation sites (tertiary alicyclic amines) is 1. The fourth-order valence-electron chi connectivity index (χ4n) is 3.25. The summed E-state index contributed by atoms with van der Waals surface area (Å²) < 4.78 is 0. The van der Waals surface area contributed by atoms with Crippen LogP contribution in [0.4, 0.5) is 4.79 Å². The quantitative estimate of drug-likeness (QED) is 0.829. The predicted octanol–water partition coefficient (Wildman–Crippen LogP) is 3.86. The zero-order valence-electron chi connectivity index (χ0n) is 13.7. The van der Waals surface area contributed by atoms with Crippen LogP contribution in [-0.4, -0.2) is 23.4 Å². The van der Waals surface area contributed by atoms with E-state index < -0.39 is 12.1 Å². The normalized spacial score (nSPS) is 18.1. The Morgan fingerprint density at radius 1 is 1.32 bits per heavy atom. The minimum Gasteiger partial charge on any atom is -0.352 e. The van der Waals surface area contributed by atoms with Crippen LogP contribution in [0.5, 0.6) is 0 Å². The van der Waals surface area contributed by atoms with Crippen molar-refractivity contribution in [2.45, 2.75) is 31.3 Å². The van der Waals surface area contributed by atoms with Gasteiger partial charge in [0.25, 0.3) is 0 Å². The van der Waals surface area contributed by atoms with Gasteiger partial charge in [-0.2, -0.15) is 0 Å². The fraction of sp³-hybridized carbons (Fsp3) is 0.333. The van der Waals surface area contributed by atoms with Gasteiger partial charge in [0.1, 0.15) is 0 Å². The third kappa shape index (κ3) is 4.32. The number of benzene rings is 1. The largest absolute Gasteiger partial charge is 0.352 e. The predicted molar refractivity (Wildman–Crippen MR) is 99.5 cm³/mol. The minimum absolute atomic E-state index is 0.0181. The molecule has 0 spiro atoms. The van der Waals surface area contributed by atoms with E-state index in [1.165, 1.54) is 4.88 Å². The van der Waals surface area contributed by atoms with Crippen molar-refractivity contribution in [3.63, 3.8) is 0 Å². The van der Waals surface area contributed by atoms with E-state index in [0.29, 0.717) is 5.02 Å². The standard InChI is InChI=1S/C18H20ClN3O2S/c19-13-7-5-12(6-8-13)14(21-18(20)24)11-17(23)22-9-1-3-15(22)16-4-2-10-25-16/h2,4-8,10,14-15H,1,3,9,11H2,(H3,20,21,24)/t14-,15+/m0/s1. The number of carbonyl (C=O) groups is 2. The first-order chi connectivity index (χ1) is 12.0. The van der Waals surface area contributed by atoms with Crippen molar-refractivity contribution < 1.29 is 9.59 Å². The Bertz CT molecular complexity index is 733. The first kappa shape index (κ1) is 17.8. The molecule has 1 aliphatic heterocycles. The van der Waals surface area contributed by atoms with Crippen molar-refractivity contribution in [1.82, 2.24) is 10.2 Å². The molecule has 2 heterocycles. The molecule has 0 unspecified atom stereocenters. The SMILES string of the molecule is NC(=O)N[C@@H](CC(=O)N1CCC[C@@H]1c1cccs1)c1ccc(Cl)cc1. The number of thiophene rings is 1. The van der Waals surface area contributed by atoms with E-state index in [9.17, 15) is 9.59 Å². The van der Waals surface area contributed by atoms with Crippen molar-refractivity contribution in [2.24, 2.45) is 5.73 Å². The molecule has 1 aromatic carbocycles. The van der Waals surface area contributed by atoms with Gasteiger partial charge in [-0.15, -0.1) is 11.3 Å². The molecule has 7 heteroatoms. The lowest BCUT2D eigenvalue weighted by Crippen LogP contribution is -2.38. The number of hydrogen-bond donors (Lipinski definition) is 2. The molecule has 0 aliphatic carbocycles. The van der Waals surface area contributed by atoms with Crippen LogP contribution in [0.25, 0.3) is 0 Å². The van der Waals surface area contributed by atoms with E-state index in [0.717, 1.165) is 24.9 Å². The van der Waals surface area contributed by atoms with Crippen molar-refractivity contribution >= 4 is 34.9 Å². The van der Waals surface area contributed by atoms with Gasteiger partial charge in [-0.25, -0.2) is 4.79 Å². The van der Waals surface area contributed by atoms with E-state index in [2.05, 4.69) is 11.4 Å². The number of amides is 3. The van der Waals surface area contributed by atoms with Crippen LogP contribution in [0.3, 0.4) is 0 Å². The highest BCUT2D eigenvalue weighted by Crippen LogP contribution is 2.35. The molecular weight excluding hydrogens is 358 g/mol. The summed E-state index contributed by atoms with van der Waals surface area (Å²) in [4.78, 5) is 27.4. The van der Waals surface area contributed by atoms with Crippen molar-refractivity contribution in [3.8, 4) is 0 Å². The van der Waals surface area contributed by atoms with Crippen LogP contribution < -0.4 is 11.1 Å². The number of halogens is 1. The Balaban J connectivity index is 1.75. The summed E-state index contributed by atoms with van der Waals surface area (Å²) in [6, 6.07) is 10.2. The zero-order chi connectivity index (χ0) is 17.8. The first-order valence-electron chi connectivity index (χ1n) is 8.19. The van der Waals surface area contributed by atoms with Crippen LogP contribution in [0.1, 0.15) is 41.8 Å². The lowest BCUT2D eigenvalue weighted by molar-refractivity contribution is -0.132. The van der Waals surface area contributed by atoms with Crippen LogP contribution in [-0.2, 0) is 4.79 Å². The summed E-state index contributed by atoms with van der Waals surface area (Å²) in [6.45, 7) is 0.741. The molecule has 0 bridgehead atoms. The summed E-state index contributed by atoms with van der Waals surface area (Å²) >= 11 is 7.59. The second-order valence-corrected chi connectivity index (χ2v) is 7.49. The lowest BCUT2D eigenvalue weighted by Gasteiger charge is -2.26. The maximum absolute atomic E-state index is 12.9. The van der Waals surface area contributed by atoms with E-state index in [1.54, 1.807) is 35.6 Å². The number of hydrogen-bond acceptors (Lipinski definition) is 3. The molecule has 25 heavy (non-hydrogen) atoms. The van der Waals surface area contributed by atoms with Gasteiger partial charge in [0, 0.05) is 16.4 Å². The summed E-state index contributed by atoms with van der Waals surface area (Å²) in [7, 11) is 0. The second-order valence-electron chi connectivity index (χ2n) is 6.08. The minimum atomic E-state index is -0.649. The van der Waals surface area contributed by atoms with E-state index >= 15 is 0 Å². The van der Waals surface area contributed by atoms with Gasteiger partial charge >= 0.3 is 6.03 Å². The van der Waals surface area contributed by atoms with Gasteiger partial charge in [0.15, 0.2) is 0 Å². The number of carbonyl (C=O) groups excluding carboxylic acids is 2. The number of nitrogens with one attached hydrogen (secondary N) is 1. The molecule has 2 atom stereocenters. The van der Waals surface area contributed by atoms with Crippen LogP contribution in [0.15, 0.2) is 41.8 Å². The molecule has 1 saturated heterocycles. The molecule has 2 aromatic rings. The monoisotopic (exact) mass is 377 g/mol. The van der Waals surface area contributed by atoms with E-state index in [4.69, 9.17) is 17.3 Å². The Labute approximate surface area is 155 Å². The van der Waals surface area contributed by atoms with Crippen molar-refractivity contribution in [3.05, 3.63) is 57.2 Å². The van der Waals surface area contributed by atoms with Gasteiger partial charge in [-0.1, -0.05) is 29.8 Å². The van der Waals surface area contributed by atoms with Gasteiger partial charge < -0.3 is 16.0 Å². The third-order valence-electron chi connectivity index (χ3n) is 4.41. The van der Waals surface area contributed by atoms with E-state index in [-0.39, 0.29) is 18.4 Å². The molecule has 3 amide bonds. The number of primary amides is 1. The third-order valence-corrected chi connectivity index (χ3v) is 5.64. The highest BCUT2D eigenvalue weighted by Gasteiger charge is 2.32.